The van der Waals surface area contributed by atoms with Crippen LogP contribution in [-0.4, -0.2) is 28.2 Å². The highest BCUT2D eigenvalue weighted by Crippen LogP contribution is 2.14. The van der Waals surface area contributed by atoms with Gasteiger partial charge in [-0.3, -0.25) is 0 Å². The van der Waals surface area contributed by atoms with Crippen LogP contribution in [0.2, 0.25) is 0 Å². The first-order valence-corrected chi connectivity index (χ1v) is 5.50. The van der Waals surface area contributed by atoms with Gasteiger partial charge in [0.15, 0.2) is 0 Å². The van der Waals surface area contributed by atoms with Gasteiger partial charge in [0.1, 0.15) is 0 Å². The minimum absolute atomic E-state index is 0.634. The molecular weight excluding hydrogens is 216 g/mol. The van der Waals surface area contributed by atoms with Crippen molar-refractivity contribution in [3.05, 3.63) is 24.8 Å². The zero-order valence-electron chi connectivity index (χ0n) is 8.51. The molecule has 0 aromatic heterocycles. The van der Waals surface area contributed by atoms with Crippen molar-refractivity contribution in [1.29, 1.82) is 0 Å². The molecule has 0 amide bonds. The van der Waals surface area contributed by atoms with Crippen LogP contribution in [0.4, 0.5) is 0 Å². The van der Waals surface area contributed by atoms with Gasteiger partial charge in [-0.15, -0.1) is 11.8 Å². The normalized spacial score (nSPS) is 12.3. The number of esters is 1. The molecule has 0 aliphatic rings. The highest BCUT2D eigenvalue weighted by molar-refractivity contribution is 8.00. The van der Waals surface area contributed by atoms with E-state index in [-0.39, 0.29) is 0 Å². The van der Waals surface area contributed by atoms with E-state index in [2.05, 4.69) is 6.58 Å². The van der Waals surface area contributed by atoms with Gasteiger partial charge in [0, 0.05) is 6.08 Å². The third kappa shape index (κ3) is 6.79. The van der Waals surface area contributed by atoms with Gasteiger partial charge in [-0.1, -0.05) is 25.7 Å². The van der Waals surface area contributed by atoms with E-state index in [4.69, 9.17) is 9.84 Å². The molecule has 0 radical (unpaired) electrons. The maximum absolute atomic E-state index is 11.0. The van der Waals surface area contributed by atoms with Crippen LogP contribution in [0.1, 0.15) is 13.3 Å². The SMILES string of the molecule is C=CC=CC(=O)OC(SCCC)C(=O)O. The maximum Gasteiger partial charge on any atom is 0.355 e. The van der Waals surface area contributed by atoms with Crippen LogP contribution >= 0.6 is 11.8 Å². The smallest absolute Gasteiger partial charge is 0.355 e. The quantitative estimate of drug-likeness (QED) is 0.313. The molecule has 1 N–H and O–H groups in total. The minimum atomic E-state index is -1.14. The van der Waals surface area contributed by atoms with Crippen LogP contribution in [-0.2, 0) is 14.3 Å². The second-order valence-corrected chi connectivity index (χ2v) is 3.74. The van der Waals surface area contributed by atoms with Crippen molar-refractivity contribution in [2.75, 3.05) is 5.75 Å². The van der Waals surface area contributed by atoms with Gasteiger partial charge < -0.3 is 9.84 Å². The Hall–Kier alpha value is -1.23. The van der Waals surface area contributed by atoms with Gasteiger partial charge in [0.25, 0.3) is 0 Å². The van der Waals surface area contributed by atoms with E-state index in [0.29, 0.717) is 5.75 Å². The zero-order chi connectivity index (χ0) is 11.7. The van der Waals surface area contributed by atoms with Crippen LogP contribution in [0, 0.1) is 0 Å². The molecule has 0 fully saturated rings. The van der Waals surface area contributed by atoms with Gasteiger partial charge in [-0.25, -0.2) is 9.59 Å². The summed E-state index contributed by atoms with van der Waals surface area (Å²) in [4.78, 5) is 21.7. The summed E-state index contributed by atoms with van der Waals surface area (Å²) in [5, 5.41) is 8.73. The second kappa shape index (κ2) is 8.11. The van der Waals surface area contributed by atoms with Gasteiger partial charge in [-0.2, -0.15) is 0 Å². The van der Waals surface area contributed by atoms with Crippen LogP contribution in [0.25, 0.3) is 0 Å². The van der Waals surface area contributed by atoms with E-state index in [1.54, 1.807) is 0 Å². The second-order valence-electron chi connectivity index (χ2n) is 2.57. The summed E-state index contributed by atoms with van der Waals surface area (Å²) in [6.07, 6.45) is 4.77. The summed E-state index contributed by atoms with van der Waals surface area (Å²) in [7, 11) is 0. The van der Waals surface area contributed by atoms with E-state index in [1.165, 1.54) is 12.2 Å². The van der Waals surface area contributed by atoms with Gasteiger partial charge >= 0.3 is 11.9 Å². The van der Waals surface area contributed by atoms with E-state index in [9.17, 15) is 9.59 Å². The average molecular weight is 230 g/mol. The number of rotatable bonds is 7. The number of carbonyl (C=O) groups excluding carboxylic acids is 1. The number of aliphatic carboxylic acids is 1. The van der Waals surface area contributed by atoms with Crippen LogP contribution in [0.5, 0.6) is 0 Å². The molecule has 84 valence electrons. The van der Waals surface area contributed by atoms with E-state index < -0.39 is 17.4 Å². The molecule has 0 saturated heterocycles. The van der Waals surface area contributed by atoms with Crippen molar-refractivity contribution in [3.8, 4) is 0 Å². The minimum Gasteiger partial charge on any atom is -0.478 e. The Balaban J connectivity index is 4.15. The highest BCUT2D eigenvalue weighted by Gasteiger charge is 2.20. The predicted octanol–water partition coefficient (Wildman–Crippen LogP) is 1.83. The number of hydrogen-bond acceptors (Lipinski definition) is 4. The zero-order valence-corrected chi connectivity index (χ0v) is 9.33. The van der Waals surface area contributed by atoms with Gasteiger partial charge in [0.05, 0.1) is 0 Å². The number of carbonyl (C=O) groups is 2. The molecule has 0 heterocycles. The molecule has 1 atom stereocenters. The Morgan fingerprint density at radius 2 is 2.27 bits per heavy atom. The molecule has 0 bridgehead atoms. The predicted molar refractivity (Wildman–Crippen MR) is 59.6 cm³/mol. The van der Waals surface area contributed by atoms with E-state index >= 15 is 0 Å². The first-order valence-electron chi connectivity index (χ1n) is 4.46. The summed E-state index contributed by atoms with van der Waals surface area (Å²) in [6.45, 7) is 5.30. The number of allylic oxidation sites excluding steroid dienone is 2. The van der Waals surface area contributed by atoms with Crippen LogP contribution in [0.15, 0.2) is 24.8 Å². The Bertz CT molecular complexity index is 260. The van der Waals surface area contributed by atoms with Crippen molar-refractivity contribution < 1.29 is 19.4 Å². The molecule has 0 rings (SSSR count). The molecule has 0 aliphatic heterocycles. The third-order valence-electron chi connectivity index (χ3n) is 1.27. The lowest BCUT2D eigenvalue weighted by Gasteiger charge is -2.10. The summed E-state index contributed by atoms with van der Waals surface area (Å²) in [5.41, 5.74) is -1.13. The van der Waals surface area contributed by atoms with E-state index in [1.807, 2.05) is 6.92 Å². The van der Waals surface area contributed by atoms with Crippen LogP contribution < -0.4 is 0 Å². The highest BCUT2D eigenvalue weighted by atomic mass is 32.2. The summed E-state index contributed by atoms with van der Waals surface area (Å²) in [6, 6.07) is 0. The lowest BCUT2D eigenvalue weighted by Crippen LogP contribution is -2.23. The summed E-state index contributed by atoms with van der Waals surface area (Å²) < 4.78 is 4.71. The molecule has 5 heteroatoms. The molecule has 15 heavy (non-hydrogen) atoms. The number of hydrogen-bond donors (Lipinski definition) is 1. The van der Waals surface area contributed by atoms with Crippen molar-refractivity contribution in [1.82, 2.24) is 0 Å². The lowest BCUT2D eigenvalue weighted by molar-refractivity contribution is -0.154. The lowest BCUT2D eigenvalue weighted by atomic mass is 10.5. The Morgan fingerprint density at radius 1 is 1.60 bits per heavy atom. The van der Waals surface area contributed by atoms with Gasteiger partial charge in [0.2, 0.25) is 5.44 Å². The standard InChI is InChI=1S/C10H14O4S/c1-3-5-6-8(11)14-10(9(12)13)15-7-4-2/h3,5-6,10H,1,4,7H2,2H3,(H,12,13). The number of carboxylic acids is 1. The molecule has 4 nitrogen and oxygen atoms in total. The van der Waals surface area contributed by atoms with Crippen molar-refractivity contribution in [3.63, 3.8) is 0 Å². The fourth-order valence-electron chi connectivity index (χ4n) is 0.672. The molecule has 0 spiro atoms. The molecule has 0 saturated carbocycles. The molecule has 0 aromatic rings. The Morgan fingerprint density at radius 3 is 2.73 bits per heavy atom. The van der Waals surface area contributed by atoms with Gasteiger partial charge in [-0.05, 0) is 12.2 Å². The third-order valence-corrected chi connectivity index (χ3v) is 2.51. The van der Waals surface area contributed by atoms with Crippen molar-refractivity contribution in [2.24, 2.45) is 0 Å². The summed E-state index contributed by atoms with van der Waals surface area (Å²) >= 11 is 1.09. The largest absolute Gasteiger partial charge is 0.478 e. The van der Waals surface area contributed by atoms with E-state index in [0.717, 1.165) is 24.3 Å². The monoisotopic (exact) mass is 230 g/mol. The Labute approximate surface area is 93.0 Å². The summed E-state index contributed by atoms with van der Waals surface area (Å²) in [5.74, 6) is -1.19. The fraction of sp³-hybridized carbons (Fsp3) is 0.400. The maximum atomic E-state index is 11.0. The van der Waals surface area contributed by atoms with Crippen LogP contribution in [0.3, 0.4) is 0 Å². The van der Waals surface area contributed by atoms with Crippen molar-refractivity contribution >= 4 is 23.7 Å². The Kier molecular flexibility index (Phi) is 7.44. The first-order chi connectivity index (χ1) is 7.11. The average Bonchev–Trinajstić information content (AvgIpc) is 2.20. The topological polar surface area (TPSA) is 63.6 Å². The molecule has 0 aliphatic carbocycles. The molecule has 0 aromatic carbocycles. The number of thioether (sulfide) groups is 1. The first kappa shape index (κ1) is 13.8. The molecule has 1 unspecified atom stereocenters. The fourth-order valence-corrected chi connectivity index (χ4v) is 1.43. The number of ether oxygens (including phenoxy) is 1. The van der Waals surface area contributed by atoms with Crippen molar-refractivity contribution in [2.45, 2.75) is 18.8 Å². The number of carboxylic acid groups (broad SMARTS) is 1. The molecular formula is C10H14O4S.